The topological polar surface area (TPSA) is 56.0 Å². The molecule has 0 fully saturated rings. The standard InChI is InChI=1S/C17H7F6N5/c18-9-4-12(20)15(24-5-9)10-3-8(1-2-11(10)19)13-6-25-16-27-14(17(21,22)23)7-26-28(13)16/h1-7H. The van der Waals surface area contributed by atoms with E-state index in [1.54, 1.807) is 0 Å². The minimum absolute atomic E-state index is 0.194. The Hall–Kier alpha value is -3.50. The van der Waals surface area contributed by atoms with Crippen molar-refractivity contribution in [1.82, 2.24) is 24.6 Å². The third-order valence-corrected chi connectivity index (χ3v) is 3.85. The molecule has 1 aromatic carbocycles. The van der Waals surface area contributed by atoms with Gasteiger partial charge in [-0.25, -0.2) is 23.1 Å². The molecule has 28 heavy (non-hydrogen) atoms. The van der Waals surface area contributed by atoms with Gasteiger partial charge < -0.3 is 0 Å². The molecule has 142 valence electrons. The number of hydrogen-bond acceptors (Lipinski definition) is 4. The summed E-state index contributed by atoms with van der Waals surface area (Å²) < 4.78 is 80.5. The largest absolute Gasteiger partial charge is 0.435 e. The smallest absolute Gasteiger partial charge is 0.250 e. The molecule has 0 aliphatic heterocycles. The Balaban J connectivity index is 1.84. The first kappa shape index (κ1) is 17.9. The highest BCUT2D eigenvalue weighted by atomic mass is 19.4. The third kappa shape index (κ3) is 3.04. The summed E-state index contributed by atoms with van der Waals surface area (Å²) in [5.41, 5.74) is -1.43. The number of pyridine rings is 1. The van der Waals surface area contributed by atoms with Crippen LogP contribution in [0.4, 0.5) is 26.3 Å². The summed E-state index contributed by atoms with van der Waals surface area (Å²) in [4.78, 5) is 10.7. The highest BCUT2D eigenvalue weighted by molar-refractivity contribution is 5.71. The van der Waals surface area contributed by atoms with Crippen LogP contribution in [-0.2, 0) is 6.18 Å². The van der Waals surface area contributed by atoms with Gasteiger partial charge in [0, 0.05) is 17.2 Å². The number of imidazole rings is 1. The lowest BCUT2D eigenvalue weighted by Crippen LogP contribution is -2.11. The van der Waals surface area contributed by atoms with E-state index in [0.717, 1.165) is 16.8 Å². The van der Waals surface area contributed by atoms with E-state index in [0.29, 0.717) is 12.3 Å². The minimum Gasteiger partial charge on any atom is -0.250 e. The number of nitrogens with zero attached hydrogens (tertiary/aromatic N) is 5. The molecule has 0 amide bonds. The van der Waals surface area contributed by atoms with E-state index in [9.17, 15) is 26.3 Å². The summed E-state index contributed by atoms with van der Waals surface area (Å²) in [6.45, 7) is 0. The first-order valence-corrected chi connectivity index (χ1v) is 7.63. The molecular formula is C17H7F6N5. The molecule has 0 atom stereocenters. The molecule has 0 radical (unpaired) electrons. The fourth-order valence-electron chi connectivity index (χ4n) is 2.59. The van der Waals surface area contributed by atoms with Gasteiger partial charge in [-0.2, -0.15) is 22.8 Å². The molecule has 5 nitrogen and oxygen atoms in total. The van der Waals surface area contributed by atoms with E-state index in [1.165, 1.54) is 18.3 Å². The molecule has 4 rings (SSSR count). The molecule has 4 aromatic rings. The van der Waals surface area contributed by atoms with Gasteiger partial charge in [-0.3, -0.25) is 4.98 Å². The van der Waals surface area contributed by atoms with E-state index in [-0.39, 0.29) is 22.6 Å². The molecule has 3 heterocycles. The van der Waals surface area contributed by atoms with Crippen molar-refractivity contribution in [2.45, 2.75) is 6.18 Å². The molecule has 3 aromatic heterocycles. The predicted molar refractivity (Wildman–Crippen MR) is 84.3 cm³/mol. The Bertz CT molecular complexity index is 1200. The van der Waals surface area contributed by atoms with Crippen molar-refractivity contribution < 1.29 is 26.3 Å². The van der Waals surface area contributed by atoms with Crippen molar-refractivity contribution in [3.63, 3.8) is 0 Å². The summed E-state index contributed by atoms with van der Waals surface area (Å²) in [6.07, 6.45) is -2.22. The maximum absolute atomic E-state index is 14.2. The summed E-state index contributed by atoms with van der Waals surface area (Å²) in [6, 6.07) is 4.10. The van der Waals surface area contributed by atoms with Crippen LogP contribution in [0.1, 0.15) is 5.69 Å². The second-order valence-electron chi connectivity index (χ2n) is 5.67. The van der Waals surface area contributed by atoms with E-state index >= 15 is 0 Å². The van der Waals surface area contributed by atoms with E-state index in [1.807, 2.05) is 0 Å². The molecule has 0 spiro atoms. The first-order valence-electron chi connectivity index (χ1n) is 7.63. The van der Waals surface area contributed by atoms with Crippen molar-refractivity contribution in [2.24, 2.45) is 0 Å². The Morgan fingerprint density at radius 1 is 0.857 bits per heavy atom. The van der Waals surface area contributed by atoms with Crippen molar-refractivity contribution in [3.8, 4) is 22.5 Å². The van der Waals surface area contributed by atoms with Gasteiger partial charge in [0.1, 0.15) is 17.3 Å². The lowest BCUT2D eigenvalue weighted by Gasteiger charge is -2.08. The van der Waals surface area contributed by atoms with Gasteiger partial charge in [-0.05, 0) is 18.2 Å². The Kier molecular flexibility index (Phi) is 4.02. The second kappa shape index (κ2) is 6.29. The maximum atomic E-state index is 14.2. The van der Waals surface area contributed by atoms with Crippen molar-refractivity contribution in [2.75, 3.05) is 0 Å². The van der Waals surface area contributed by atoms with Gasteiger partial charge in [0.05, 0.1) is 24.3 Å². The van der Waals surface area contributed by atoms with Crippen LogP contribution in [0.15, 0.2) is 42.9 Å². The van der Waals surface area contributed by atoms with Crippen molar-refractivity contribution in [1.29, 1.82) is 0 Å². The fourth-order valence-corrected chi connectivity index (χ4v) is 2.59. The molecule has 11 heteroatoms. The summed E-state index contributed by atoms with van der Waals surface area (Å²) >= 11 is 0. The normalized spacial score (nSPS) is 11.9. The number of hydrogen-bond donors (Lipinski definition) is 0. The monoisotopic (exact) mass is 395 g/mol. The van der Waals surface area contributed by atoms with E-state index < -0.39 is 35.0 Å². The highest BCUT2D eigenvalue weighted by Gasteiger charge is 2.33. The maximum Gasteiger partial charge on any atom is 0.435 e. The van der Waals surface area contributed by atoms with Gasteiger partial charge in [-0.15, -0.1) is 0 Å². The molecule has 0 aliphatic rings. The molecule has 0 bridgehead atoms. The predicted octanol–water partition coefficient (Wildman–Crippen LogP) is 4.29. The van der Waals surface area contributed by atoms with Crippen LogP contribution < -0.4 is 0 Å². The van der Waals surface area contributed by atoms with E-state index in [2.05, 4.69) is 20.1 Å². The Morgan fingerprint density at radius 2 is 1.64 bits per heavy atom. The highest BCUT2D eigenvalue weighted by Crippen LogP contribution is 2.31. The number of aromatic nitrogens is 5. The van der Waals surface area contributed by atoms with Crippen LogP contribution >= 0.6 is 0 Å². The zero-order valence-electron chi connectivity index (χ0n) is 13.5. The third-order valence-electron chi connectivity index (χ3n) is 3.85. The van der Waals surface area contributed by atoms with Gasteiger partial charge in [-0.1, -0.05) is 0 Å². The summed E-state index contributed by atoms with van der Waals surface area (Å²) in [5.74, 6) is -3.12. The molecule has 0 saturated carbocycles. The molecule has 0 unspecified atom stereocenters. The van der Waals surface area contributed by atoms with Crippen LogP contribution in [0.25, 0.3) is 28.3 Å². The lowest BCUT2D eigenvalue weighted by molar-refractivity contribution is -0.141. The van der Waals surface area contributed by atoms with Crippen LogP contribution in [-0.4, -0.2) is 24.6 Å². The molecular weight excluding hydrogens is 388 g/mol. The molecule has 0 aliphatic carbocycles. The number of fused-ring (bicyclic) bond motifs is 1. The Labute approximate surface area is 152 Å². The zero-order valence-corrected chi connectivity index (χ0v) is 13.5. The van der Waals surface area contributed by atoms with Crippen LogP contribution in [0.2, 0.25) is 0 Å². The summed E-state index contributed by atoms with van der Waals surface area (Å²) in [7, 11) is 0. The van der Waals surface area contributed by atoms with Gasteiger partial charge in [0.2, 0.25) is 0 Å². The van der Waals surface area contributed by atoms with E-state index in [4.69, 9.17) is 0 Å². The van der Waals surface area contributed by atoms with Crippen LogP contribution in [0, 0.1) is 17.5 Å². The van der Waals surface area contributed by atoms with Gasteiger partial charge in [0.15, 0.2) is 11.5 Å². The van der Waals surface area contributed by atoms with Crippen molar-refractivity contribution >= 4 is 5.78 Å². The second-order valence-corrected chi connectivity index (χ2v) is 5.67. The first-order chi connectivity index (χ1) is 13.2. The van der Waals surface area contributed by atoms with Crippen molar-refractivity contribution in [3.05, 3.63) is 66.0 Å². The molecule has 0 saturated heterocycles. The van der Waals surface area contributed by atoms with Crippen LogP contribution in [0.3, 0.4) is 0 Å². The SMILES string of the molecule is Fc1cnc(-c2cc(-c3cnc4nc(C(F)(F)F)cnn34)ccc2F)c(F)c1. The quantitative estimate of drug-likeness (QED) is 0.475. The molecule has 0 N–H and O–H groups in total. The average Bonchev–Trinajstić information content (AvgIpc) is 3.05. The van der Waals surface area contributed by atoms with Crippen LogP contribution in [0.5, 0.6) is 0 Å². The number of rotatable bonds is 2. The van der Waals surface area contributed by atoms with Gasteiger partial charge >= 0.3 is 6.18 Å². The average molecular weight is 395 g/mol. The summed E-state index contributed by atoms with van der Waals surface area (Å²) in [5, 5.41) is 3.68. The fraction of sp³-hybridized carbons (Fsp3) is 0.0588. The minimum atomic E-state index is -4.68. The zero-order chi connectivity index (χ0) is 20.1. The number of halogens is 6. The van der Waals surface area contributed by atoms with Gasteiger partial charge in [0.25, 0.3) is 5.78 Å². The number of alkyl halides is 3. The lowest BCUT2D eigenvalue weighted by atomic mass is 10.0. The number of benzene rings is 1. The Morgan fingerprint density at radius 3 is 2.36 bits per heavy atom.